The smallest absolute Gasteiger partial charge is 0.226 e. The Morgan fingerprint density at radius 3 is 2.96 bits per heavy atom. The summed E-state index contributed by atoms with van der Waals surface area (Å²) >= 11 is 0. The van der Waals surface area contributed by atoms with E-state index in [0.717, 1.165) is 50.4 Å². The predicted molar refractivity (Wildman–Crippen MR) is 97.0 cm³/mol. The molecule has 1 amide bonds. The molecule has 0 saturated carbocycles. The summed E-state index contributed by atoms with van der Waals surface area (Å²) in [5.74, 6) is 1.20. The van der Waals surface area contributed by atoms with Gasteiger partial charge in [0.1, 0.15) is 5.76 Å². The minimum absolute atomic E-state index is 0.0912. The van der Waals surface area contributed by atoms with E-state index in [-0.39, 0.29) is 12.0 Å². The highest BCUT2D eigenvalue weighted by Crippen LogP contribution is 2.34. The average Bonchev–Trinajstić information content (AvgIpc) is 3.30. The summed E-state index contributed by atoms with van der Waals surface area (Å²) in [6.07, 6.45) is 3.34. The van der Waals surface area contributed by atoms with E-state index in [0.29, 0.717) is 32.1 Å². The van der Waals surface area contributed by atoms with Crippen LogP contribution in [0, 0.1) is 5.41 Å². The Hall–Kier alpha value is -1.44. The summed E-state index contributed by atoms with van der Waals surface area (Å²) in [5, 5.41) is 10.6. The number of hydrogen-bond donors (Lipinski definition) is 2. The van der Waals surface area contributed by atoms with Crippen molar-refractivity contribution in [2.45, 2.75) is 51.6 Å². The second-order valence-electron chi connectivity index (χ2n) is 7.66. The van der Waals surface area contributed by atoms with Gasteiger partial charge in [-0.2, -0.15) is 0 Å². The quantitative estimate of drug-likeness (QED) is 0.681. The maximum absolute atomic E-state index is 13.0. The van der Waals surface area contributed by atoms with Crippen LogP contribution in [0.3, 0.4) is 0 Å². The molecule has 7 nitrogen and oxygen atoms in total. The first-order valence-corrected chi connectivity index (χ1v) is 9.73. The fourth-order valence-corrected chi connectivity index (χ4v) is 3.74. The number of nitrogens with zero attached hydrogens (tertiary/aromatic N) is 1. The molecule has 1 aromatic rings. The second-order valence-corrected chi connectivity index (χ2v) is 7.66. The zero-order chi connectivity index (χ0) is 18.4. The number of nitrogens with one attached hydrogen (secondary N) is 2. The van der Waals surface area contributed by atoms with Gasteiger partial charge in [-0.15, -0.1) is 0 Å². The van der Waals surface area contributed by atoms with E-state index >= 15 is 0 Å². The zero-order valence-corrected chi connectivity index (χ0v) is 15.9. The molecule has 1 aromatic heterocycles. The Bertz CT molecular complexity index is 575. The van der Waals surface area contributed by atoms with Gasteiger partial charge in [0, 0.05) is 31.6 Å². The number of aromatic nitrogens is 1. The van der Waals surface area contributed by atoms with Crippen LogP contribution in [0.2, 0.25) is 0 Å². The van der Waals surface area contributed by atoms with Gasteiger partial charge in [-0.25, -0.2) is 0 Å². The molecule has 146 valence electrons. The lowest BCUT2D eigenvalue weighted by atomic mass is 9.74. The topological polar surface area (TPSA) is 85.6 Å². The van der Waals surface area contributed by atoms with E-state index in [1.165, 1.54) is 0 Å². The summed E-state index contributed by atoms with van der Waals surface area (Å²) in [6, 6.07) is 2.01. The van der Waals surface area contributed by atoms with Gasteiger partial charge in [0.05, 0.1) is 30.4 Å². The van der Waals surface area contributed by atoms with Gasteiger partial charge in [-0.3, -0.25) is 4.79 Å². The van der Waals surface area contributed by atoms with Gasteiger partial charge in [-0.1, -0.05) is 5.16 Å². The van der Waals surface area contributed by atoms with E-state index in [2.05, 4.69) is 15.8 Å². The van der Waals surface area contributed by atoms with Crippen LogP contribution in [0.25, 0.3) is 0 Å². The maximum Gasteiger partial charge on any atom is 0.226 e. The highest BCUT2D eigenvalue weighted by atomic mass is 16.5. The SMILES string of the molecule is CC(C)OCCNC(=O)C1(Cc2cc([C@@H]3CCOC3)no2)CCNCC1. The van der Waals surface area contributed by atoms with Gasteiger partial charge < -0.3 is 24.6 Å². The molecule has 7 heteroatoms. The molecule has 2 aliphatic rings. The normalized spacial score (nSPS) is 22.7. The summed E-state index contributed by atoms with van der Waals surface area (Å²) in [5.41, 5.74) is 0.513. The molecule has 0 radical (unpaired) electrons. The zero-order valence-electron chi connectivity index (χ0n) is 15.9. The van der Waals surface area contributed by atoms with Gasteiger partial charge in [-0.05, 0) is 46.2 Å². The lowest BCUT2D eigenvalue weighted by molar-refractivity contribution is -0.133. The number of amides is 1. The fraction of sp³-hybridized carbons (Fsp3) is 0.789. The summed E-state index contributed by atoms with van der Waals surface area (Å²) in [4.78, 5) is 13.0. The molecular formula is C19H31N3O4. The number of piperidine rings is 1. The summed E-state index contributed by atoms with van der Waals surface area (Å²) in [6.45, 7) is 8.22. The van der Waals surface area contributed by atoms with Crippen molar-refractivity contribution in [3.8, 4) is 0 Å². The first-order chi connectivity index (χ1) is 12.6. The maximum atomic E-state index is 13.0. The lowest BCUT2D eigenvalue weighted by Crippen LogP contribution is -2.49. The van der Waals surface area contributed by atoms with E-state index in [1.807, 2.05) is 19.9 Å². The number of rotatable bonds is 8. The van der Waals surface area contributed by atoms with E-state index < -0.39 is 5.41 Å². The lowest BCUT2D eigenvalue weighted by Gasteiger charge is -2.35. The first-order valence-electron chi connectivity index (χ1n) is 9.73. The monoisotopic (exact) mass is 365 g/mol. The van der Waals surface area contributed by atoms with Gasteiger partial charge >= 0.3 is 0 Å². The third kappa shape index (κ3) is 4.84. The van der Waals surface area contributed by atoms with Crippen LogP contribution in [-0.4, -0.2) is 56.6 Å². The molecule has 3 rings (SSSR count). The third-order valence-corrected chi connectivity index (χ3v) is 5.32. The molecule has 2 aliphatic heterocycles. The molecule has 0 bridgehead atoms. The van der Waals surface area contributed by atoms with Crippen LogP contribution >= 0.6 is 0 Å². The molecule has 0 spiro atoms. The predicted octanol–water partition coefficient (Wildman–Crippen LogP) is 1.63. The Balaban J connectivity index is 1.62. The van der Waals surface area contributed by atoms with Crippen LogP contribution in [0.5, 0.6) is 0 Å². The highest BCUT2D eigenvalue weighted by molar-refractivity contribution is 5.83. The molecule has 3 heterocycles. The summed E-state index contributed by atoms with van der Waals surface area (Å²) in [7, 11) is 0. The second kappa shape index (κ2) is 8.97. The van der Waals surface area contributed by atoms with Crippen molar-refractivity contribution < 1.29 is 18.8 Å². The van der Waals surface area contributed by atoms with Crippen molar-refractivity contribution in [3.63, 3.8) is 0 Å². The number of ether oxygens (including phenoxy) is 2. The molecule has 2 saturated heterocycles. The van der Waals surface area contributed by atoms with E-state index in [1.54, 1.807) is 0 Å². The fourth-order valence-electron chi connectivity index (χ4n) is 3.74. The number of carbonyl (C=O) groups excluding carboxylic acids is 1. The van der Waals surface area contributed by atoms with Gasteiger partial charge in [0.15, 0.2) is 0 Å². The van der Waals surface area contributed by atoms with Crippen LogP contribution in [0.15, 0.2) is 10.6 Å². The largest absolute Gasteiger partial charge is 0.381 e. The number of carbonyl (C=O) groups is 1. The minimum atomic E-state index is -0.438. The van der Waals surface area contributed by atoms with Crippen molar-refractivity contribution in [2.75, 3.05) is 39.5 Å². The van der Waals surface area contributed by atoms with Crippen LogP contribution < -0.4 is 10.6 Å². The van der Waals surface area contributed by atoms with Crippen molar-refractivity contribution in [1.29, 1.82) is 0 Å². The molecule has 26 heavy (non-hydrogen) atoms. The summed E-state index contributed by atoms with van der Waals surface area (Å²) < 4.78 is 16.5. The van der Waals surface area contributed by atoms with Gasteiger partial charge in [0.2, 0.25) is 5.91 Å². The molecule has 2 N–H and O–H groups in total. The highest BCUT2D eigenvalue weighted by Gasteiger charge is 2.40. The molecule has 2 fully saturated rings. The Morgan fingerprint density at radius 2 is 2.27 bits per heavy atom. The Morgan fingerprint density at radius 1 is 1.46 bits per heavy atom. The van der Waals surface area contributed by atoms with Crippen molar-refractivity contribution >= 4 is 5.91 Å². The van der Waals surface area contributed by atoms with E-state index in [9.17, 15) is 4.79 Å². The molecule has 0 aliphatic carbocycles. The van der Waals surface area contributed by atoms with Gasteiger partial charge in [0.25, 0.3) is 0 Å². The first kappa shape index (κ1) is 19.3. The van der Waals surface area contributed by atoms with Crippen LogP contribution in [0.4, 0.5) is 0 Å². The van der Waals surface area contributed by atoms with E-state index in [4.69, 9.17) is 14.0 Å². The molecule has 0 unspecified atom stereocenters. The Kier molecular flexibility index (Phi) is 6.67. The Labute approximate surface area is 155 Å². The van der Waals surface area contributed by atoms with Crippen LogP contribution in [-0.2, 0) is 20.7 Å². The van der Waals surface area contributed by atoms with Crippen LogP contribution in [0.1, 0.15) is 50.5 Å². The molecular weight excluding hydrogens is 334 g/mol. The standard InChI is InChI=1S/C19H31N3O4/c1-14(2)25-10-8-21-18(23)19(4-6-20-7-5-19)12-16-11-17(22-26-16)15-3-9-24-13-15/h11,14-15,20H,3-10,12-13H2,1-2H3,(H,21,23)/t15-/m1/s1. The average molecular weight is 365 g/mol. The molecule has 1 atom stereocenters. The van der Waals surface area contributed by atoms with Crippen molar-refractivity contribution in [1.82, 2.24) is 15.8 Å². The van der Waals surface area contributed by atoms with Crippen molar-refractivity contribution in [3.05, 3.63) is 17.5 Å². The third-order valence-electron chi connectivity index (χ3n) is 5.32. The number of hydrogen-bond acceptors (Lipinski definition) is 6. The van der Waals surface area contributed by atoms with Crippen molar-refractivity contribution in [2.24, 2.45) is 5.41 Å². The minimum Gasteiger partial charge on any atom is -0.381 e. The molecule has 0 aromatic carbocycles.